The molecule has 0 saturated carbocycles. The highest BCUT2D eigenvalue weighted by Gasteiger charge is 2.17. The number of pyridine rings is 1. The zero-order valence-electron chi connectivity index (χ0n) is 11.3. The molecule has 1 aliphatic heterocycles. The summed E-state index contributed by atoms with van der Waals surface area (Å²) < 4.78 is 0. The normalized spacial score (nSPS) is 15.2. The Balaban J connectivity index is 1.81. The van der Waals surface area contributed by atoms with Crippen LogP contribution in [0.25, 0.3) is 0 Å². The Kier molecular flexibility index (Phi) is 5.06. The van der Waals surface area contributed by atoms with Crippen LogP contribution < -0.4 is 5.32 Å². The van der Waals surface area contributed by atoms with E-state index in [2.05, 4.69) is 15.2 Å². The van der Waals surface area contributed by atoms with Gasteiger partial charge in [-0.25, -0.2) is 4.79 Å². The van der Waals surface area contributed by atoms with Crippen molar-refractivity contribution in [2.45, 2.75) is 19.3 Å². The molecule has 1 aromatic rings. The van der Waals surface area contributed by atoms with Crippen molar-refractivity contribution < 1.29 is 14.7 Å². The molecule has 20 heavy (non-hydrogen) atoms. The van der Waals surface area contributed by atoms with E-state index < -0.39 is 11.9 Å². The molecule has 0 bridgehead atoms. The van der Waals surface area contributed by atoms with E-state index in [0.717, 1.165) is 26.1 Å². The van der Waals surface area contributed by atoms with Crippen molar-refractivity contribution in [1.82, 2.24) is 15.2 Å². The minimum Gasteiger partial charge on any atom is -0.478 e. The highest BCUT2D eigenvalue weighted by molar-refractivity contribution is 6.03. The summed E-state index contributed by atoms with van der Waals surface area (Å²) in [6, 6.07) is 2.89. The molecule has 0 radical (unpaired) electrons. The van der Waals surface area contributed by atoms with E-state index >= 15 is 0 Å². The molecule has 0 aromatic carbocycles. The van der Waals surface area contributed by atoms with Gasteiger partial charge in [0.1, 0.15) is 5.69 Å². The minimum absolute atomic E-state index is 0.0267. The summed E-state index contributed by atoms with van der Waals surface area (Å²) in [5.41, 5.74) is -0.0919. The molecule has 1 fully saturated rings. The van der Waals surface area contributed by atoms with Crippen molar-refractivity contribution in [1.29, 1.82) is 0 Å². The topological polar surface area (TPSA) is 82.5 Å². The average molecular weight is 277 g/mol. The Morgan fingerprint density at radius 1 is 1.35 bits per heavy atom. The lowest BCUT2D eigenvalue weighted by molar-refractivity contribution is 0.0690. The third-order valence-corrected chi connectivity index (χ3v) is 3.39. The van der Waals surface area contributed by atoms with E-state index in [1.807, 2.05) is 0 Å². The molecule has 1 aromatic heterocycles. The molecule has 0 spiro atoms. The van der Waals surface area contributed by atoms with Gasteiger partial charge in [-0.2, -0.15) is 0 Å². The number of aromatic nitrogens is 1. The fourth-order valence-corrected chi connectivity index (χ4v) is 2.35. The number of nitrogens with zero attached hydrogens (tertiary/aromatic N) is 2. The standard InChI is InChI=1S/C14H19N3O3/c18-13(12-11(14(19)20)5-3-6-15-12)16-7-4-10-17-8-1-2-9-17/h3,5-6H,1-2,4,7-10H2,(H,16,18)(H,19,20). The fourth-order valence-electron chi connectivity index (χ4n) is 2.35. The number of hydrogen-bond donors (Lipinski definition) is 2. The third-order valence-electron chi connectivity index (χ3n) is 3.39. The first-order valence-corrected chi connectivity index (χ1v) is 6.87. The Labute approximate surface area is 117 Å². The number of carbonyl (C=O) groups excluding carboxylic acids is 1. The largest absolute Gasteiger partial charge is 0.478 e. The van der Waals surface area contributed by atoms with E-state index in [-0.39, 0.29) is 11.3 Å². The van der Waals surface area contributed by atoms with Crippen LogP contribution in [0.3, 0.4) is 0 Å². The molecule has 1 amide bonds. The molecule has 2 N–H and O–H groups in total. The molecule has 1 aliphatic rings. The van der Waals surface area contributed by atoms with Crippen LogP contribution in [0, 0.1) is 0 Å². The van der Waals surface area contributed by atoms with Gasteiger partial charge >= 0.3 is 5.97 Å². The summed E-state index contributed by atoms with van der Waals surface area (Å²) >= 11 is 0. The van der Waals surface area contributed by atoms with E-state index in [1.165, 1.54) is 31.2 Å². The second-order valence-corrected chi connectivity index (χ2v) is 4.86. The maximum Gasteiger partial charge on any atom is 0.338 e. The quantitative estimate of drug-likeness (QED) is 0.758. The van der Waals surface area contributed by atoms with Crippen molar-refractivity contribution in [3.8, 4) is 0 Å². The number of rotatable bonds is 6. The Bertz CT molecular complexity index is 484. The van der Waals surface area contributed by atoms with Gasteiger partial charge in [-0.3, -0.25) is 9.78 Å². The second-order valence-electron chi connectivity index (χ2n) is 4.86. The SMILES string of the molecule is O=C(O)c1cccnc1C(=O)NCCCN1CCCC1. The highest BCUT2D eigenvalue weighted by atomic mass is 16.4. The predicted octanol–water partition coefficient (Wildman–Crippen LogP) is 0.996. The van der Waals surface area contributed by atoms with Crippen LogP contribution in [-0.4, -0.2) is 53.0 Å². The zero-order valence-corrected chi connectivity index (χ0v) is 11.3. The van der Waals surface area contributed by atoms with Crippen LogP contribution in [0.2, 0.25) is 0 Å². The van der Waals surface area contributed by atoms with Gasteiger partial charge in [0.25, 0.3) is 5.91 Å². The van der Waals surface area contributed by atoms with E-state index in [0.29, 0.717) is 6.54 Å². The zero-order chi connectivity index (χ0) is 14.4. The summed E-state index contributed by atoms with van der Waals surface area (Å²) in [5, 5.41) is 11.7. The van der Waals surface area contributed by atoms with Crippen molar-refractivity contribution in [2.24, 2.45) is 0 Å². The Hall–Kier alpha value is -1.95. The summed E-state index contributed by atoms with van der Waals surface area (Å²) in [7, 11) is 0. The van der Waals surface area contributed by atoms with Gasteiger partial charge < -0.3 is 15.3 Å². The maximum atomic E-state index is 11.9. The van der Waals surface area contributed by atoms with Crippen molar-refractivity contribution in [3.63, 3.8) is 0 Å². The molecular weight excluding hydrogens is 258 g/mol. The van der Waals surface area contributed by atoms with E-state index in [1.54, 1.807) is 0 Å². The molecule has 108 valence electrons. The van der Waals surface area contributed by atoms with Gasteiger partial charge in [0.2, 0.25) is 0 Å². The lowest BCUT2D eigenvalue weighted by Crippen LogP contribution is -2.30. The van der Waals surface area contributed by atoms with Crippen molar-refractivity contribution in [2.75, 3.05) is 26.2 Å². The first kappa shape index (κ1) is 14.5. The molecule has 1 saturated heterocycles. The van der Waals surface area contributed by atoms with E-state index in [4.69, 9.17) is 5.11 Å². The van der Waals surface area contributed by atoms with Crippen LogP contribution in [0.4, 0.5) is 0 Å². The van der Waals surface area contributed by atoms with Gasteiger partial charge in [-0.05, 0) is 51.0 Å². The van der Waals surface area contributed by atoms with Gasteiger partial charge in [0.05, 0.1) is 5.56 Å². The minimum atomic E-state index is -1.14. The van der Waals surface area contributed by atoms with Gasteiger partial charge in [-0.1, -0.05) is 0 Å². The van der Waals surface area contributed by atoms with Gasteiger partial charge in [0.15, 0.2) is 0 Å². The van der Waals surface area contributed by atoms with Crippen molar-refractivity contribution >= 4 is 11.9 Å². The van der Waals surface area contributed by atoms with Crippen LogP contribution >= 0.6 is 0 Å². The molecule has 2 rings (SSSR count). The number of carboxylic acids is 1. The van der Waals surface area contributed by atoms with Gasteiger partial charge in [-0.15, -0.1) is 0 Å². The molecule has 6 nitrogen and oxygen atoms in total. The van der Waals surface area contributed by atoms with Crippen LogP contribution in [0.1, 0.15) is 40.1 Å². The molecule has 2 heterocycles. The first-order valence-electron chi connectivity index (χ1n) is 6.87. The molecule has 0 atom stereocenters. The first-order chi connectivity index (χ1) is 9.68. The maximum absolute atomic E-state index is 11.9. The van der Waals surface area contributed by atoms with Crippen LogP contribution in [0.15, 0.2) is 18.3 Å². The van der Waals surface area contributed by atoms with Crippen LogP contribution in [-0.2, 0) is 0 Å². The number of aromatic carboxylic acids is 1. The molecule has 6 heteroatoms. The number of hydrogen-bond acceptors (Lipinski definition) is 4. The average Bonchev–Trinajstić information content (AvgIpc) is 2.96. The fraction of sp³-hybridized carbons (Fsp3) is 0.500. The number of amides is 1. The lowest BCUT2D eigenvalue weighted by Gasteiger charge is -2.14. The summed E-state index contributed by atoms with van der Waals surface area (Å²) in [4.78, 5) is 29.1. The summed E-state index contributed by atoms with van der Waals surface area (Å²) in [5.74, 6) is -1.57. The number of carboxylic acid groups (broad SMARTS) is 1. The van der Waals surface area contributed by atoms with E-state index in [9.17, 15) is 9.59 Å². The third kappa shape index (κ3) is 3.77. The molecule has 0 aliphatic carbocycles. The van der Waals surface area contributed by atoms with Gasteiger partial charge in [0, 0.05) is 12.7 Å². The lowest BCUT2D eigenvalue weighted by atomic mass is 10.2. The molecular formula is C14H19N3O3. The number of carbonyl (C=O) groups is 2. The monoisotopic (exact) mass is 277 g/mol. The summed E-state index contributed by atoms with van der Waals surface area (Å²) in [6.45, 7) is 3.77. The number of likely N-dealkylation sites (tertiary alicyclic amines) is 1. The highest BCUT2D eigenvalue weighted by Crippen LogP contribution is 2.07. The second kappa shape index (κ2) is 7.00. The number of nitrogens with one attached hydrogen (secondary N) is 1. The van der Waals surface area contributed by atoms with Crippen molar-refractivity contribution in [3.05, 3.63) is 29.6 Å². The predicted molar refractivity (Wildman–Crippen MR) is 73.8 cm³/mol. The Morgan fingerprint density at radius 3 is 2.80 bits per heavy atom. The smallest absolute Gasteiger partial charge is 0.338 e. The van der Waals surface area contributed by atoms with Crippen LogP contribution in [0.5, 0.6) is 0 Å². The Morgan fingerprint density at radius 2 is 2.10 bits per heavy atom. The molecule has 0 unspecified atom stereocenters. The summed E-state index contributed by atoms with van der Waals surface area (Å²) in [6.07, 6.45) is 4.79.